The Bertz CT molecular complexity index is 984. The topological polar surface area (TPSA) is 20.2 Å². The maximum Gasteiger partial charge on any atom is 0.142 e. The van der Waals surface area contributed by atoms with Crippen LogP contribution in [-0.2, 0) is 0 Å². The molecule has 0 bridgehead atoms. The Kier molecular flexibility index (Phi) is 4.03. The molecule has 0 radical (unpaired) electrons. The van der Waals surface area contributed by atoms with Crippen molar-refractivity contribution in [2.75, 3.05) is 0 Å². The monoisotopic (exact) mass is 378 g/mol. The first kappa shape index (κ1) is 15.9. The molecule has 1 heterocycles. The maximum atomic E-state index is 14.0. The molecule has 1 aliphatic carbocycles. The van der Waals surface area contributed by atoms with Gasteiger partial charge in [-0.3, -0.25) is 0 Å². The van der Waals surface area contributed by atoms with E-state index in [0.717, 1.165) is 45.4 Å². The van der Waals surface area contributed by atoms with Gasteiger partial charge in [-0.05, 0) is 54.7 Å². The van der Waals surface area contributed by atoms with E-state index in [1.807, 2.05) is 18.2 Å². The number of thiophene rings is 1. The lowest BCUT2D eigenvalue weighted by atomic mass is 9.89. The Labute approximate surface area is 153 Å². The summed E-state index contributed by atoms with van der Waals surface area (Å²) in [6.45, 7) is 0. The molecule has 1 nitrogen and oxygen atoms in total. The summed E-state index contributed by atoms with van der Waals surface area (Å²) in [5.74, 6) is -0.145. The third kappa shape index (κ3) is 2.61. The summed E-state index contributed by atoms with van der Waals surface area (Å²) in [4.78, 5) is 0.767. The summed E-state index contributed by atoms with van der Waals surface area (Å²) < 4.78 is 14.9. The number of benzene rings is 2. The van der Waals surface area contributed by atoms with Gasteiger partial charge in [0.25, 0.3) is 0 Å². The molecule has 3 aromatic rings. The molecule has 0 unspecified atom stereocenters. The van der Waals surface area contributed by atoms with Crippen molar-refractivity contribution < 1.29 is 9.50 Å². The average Bonchev–Trinajstić information content (AvgIpc) is 2.86. The second-order valence-corrected chi connectivity index (χ2v) is 7.78. The molecule has 0 atom stereocenters. The summed E-state index contributed by atoms with van der Waals surface area (Å²) in [7, 11) is 0. The van der Waals surface area contributed by atoms with Gasteiger partial charge in [0.15, 0.2) is 0 Å². The van der Waals surface area contributed by atoms with Crippen LogP contribution in [0, 0.1) is 5.82 Å². The highest BCUT2D eigenvalue weighted by atomic mass is 35.5. The Hall–Kier alpha value is -1.55. The zero-order chi connectivity index (χ0) is 16.8. The van der Waals surface area contributed by atoms with Crippen LogP contribution in [-0.4, -0.2) is 5.11 Å². The molecule has 0 saturated heterocycles. The fourth-order valence-corrected chi connectivity index (χ4v) is 4.54. The van der Waals surface area contributed by atoms with E-state index in [0.29, 0.717) is 16.3 Å². The smallest absolute Gasteiger partial charge is 0.142 e. The molecule has 5 heteroatoms. The maximum absolute atomic E-state index is 14.0. The third-order valence-electron chi connectivity index (χ3n) is 4.37. The fraction of sp³-hybridized carbons (Fsp3) is 0.158. The number of hydrogen-bond acceptors (Lipinski definition) is 2. The molecular formula is C19H13Cl2FOS. The molecular weight excluding hydrogens is 366 g/mol. The number of hydrogen-bond donors (Lipinski definition) is 1. The zero-order valence-corrected chi connectivity index (χ0v) is 14.9. The van der Waals surface area contributed by atoms with Crippen molar-refractivity contribution >= 4 is 50.4 Å². The summed E-state index contributed by atoms with van der Waals surface area (Å²) in [5.41, 5.74) is 2.59. The van der Waals surface area contributed by atoms with Crippen molar-refractivity contribution in [1.29, 1.82) is 0 Å². The quantitative estimate of drug-likeness (QED) is 0.458. The lowest BCUT2D eigenvalue weighted by Crippen LogP contribution is -2.01. The van der Waals surface area contributed by atoms with Gasteiger partial charge in [-0.15, -0.1) is 11.3 Å². The summed E-state index contributed by atoms with van der Waals surface area (Å²) in [6.07, 6.45) is 2.92. The fourth-order valence-electron chi connectivity index (χ4n) is 2.93. The van der Waals surface area contributed by atoms with Gasteiger partial charge < -0.3 is 5.11 Å². The highest BCUT2D eigenvalue weighted by Crippen LogP contribution is 2.45. The van der Waals surface area contributed by atoms with Crippen molar-refractivity contribution in [1.82, 2.24) is 0 Å². The summed E-state index contributed by atoms with van der Waals surface area (Å²) in [5, 5.41) is 12.4. The van der Waals surface area contributed by atoms with E-state index in [-0.39, 0.29) is 5.02 Å². The number of aliphatic hydroxyl groups excluding tert-OH is 1. The lowest BCUT2D eigenvalue weighted by Gasteiger charge is -2.18. The van der Waals surface area contributed by atoms with E-state index < -0.39 is 5.82 Å². The second-order valence-electron chi connectivity index (χ2n) is 5.88. The molecule has 2 aromatic carbocycles. The molecule has 0 aliphatic heterocycles. The van der Waals surface area contributed by atoms with Crippen LogP contribution in [0.3, 0.4) is 0 Å². The van der Waals surface area contributed by atoms with Crippen LogP contribution in [0.5, 0.6) is 0 Å². The lowest BCUT2D eigenvalue weighted by molar-refractivity contribution is 0.488. The van der Waals surface area contributed by atoms with E-state index in [4.69, 9.17) is 23.2 Å². The van der Waals surface area contributed by atoms with Crippen LogP contribution in [0.25, 0.3) is 27.0 Å². The Balaban J connectivity index is 2.02. The molecule has 24 heavy (non-hydrogen) atoms. The van der Waals surface area contributed by atoms with Gasteiger partial charge in [0.1, 0.15) is 11.6 Å². The molecule has 122 valence electrons. The van der Waals surface area contributed by atoms with Gasteiger partial charge in [-0.2, -0.15) is 0 Å². The zero-order valence-electron chi connectivity index (χ0n) is 12.6. The first-order valence-corrected chi connectivity index (χ1v) is 9.20. The predicted molar refractivity (Wildman–Crippen MR) is 101 cm³/mol. The van der Waals surface area contributed by atoms with Crippen LogP contribution in [0.2, 0.25) is 10.0 Å². The second kappa shape index (κ2) is 6.07. The van der Waals surface area contributed by atoms with Gasteiger partial charge >= 0.3 is 0 Å². The highest BCUT2D eigenvalue weighted by molar-refractivity contribution is 7.20. The molecule has 4 rings (SSSR count). The van der Waals surface area contributed by atoms with Crippen LogP contribution in [0.15, 0.2) is 42.0 Å². The molecule has 1 aromatic heterocycles. The van der Waals surface area contributed by atoms with E-state index in [1.165, 1.54) is 17.4 Å². The largest absolute Gasteiger partial charge is 0.506 e. The van der Waals surface area contributed by atoms with E-state index in [1.54, 1.807) is 12.1 Å². The van der Waals surface area contributed by atoms with Crippen LogP contribution in [0.1, 0.15) is 24.1 Å². The number of halogens is 3. The minimum absolute atomic E-state index is 0.0875. The third-order valence-corrected chi connectivity index (χ3v) is 6.07. The van der Waals surface area contributed by atoms with E-state index in [2.05, 4.69) is 0 Å². The SMILES string of the molecule is OC(=C1CCC1)c1sc2cc(Cl)ccc2c1-c1ccc(Cl)c(F)c1. The van der Waals surface area contributed by atoms with Crippen molar-refractivity contribution in [3.8, 4) is 11.1 Å². The molecule has 1 fully saturated rings. The van der Waals surface area contributed by atoms with Crippen molar-refractivity contribution in [3.05, 3.63) is 62.7 Å². The predicted octanol–water partition coefficient (Wildman–Crippen LogP) is 7.47. The van der Waals surface area contributed by atoms with Crippen molar-refractivity contribution in [3.63, 3.8) is 0 Å². The normalized spacial score (nSPS) is 14.0. The van der Waals surface area contributed by atoms with Crippen LogP contribution >= 0.6 is 34.5 Å². The van der Waals surface area contributed by atoms with Gasteiger partial charge in [-0.1, -0.05) is 35.3 Å². The first-order chi connectivity index (χ1) is 11.5. The Morgan fingerprint density at radius 3 is 2.54 bits per heavy atom. The molecule has 1 saturated carbocycles. The van der Waals surface area contributed by atoms with Crippen LogP contribution < -0.4 is 0 Å². The Morgan fingerprint density at radius 2 is 1.88 bits per heavy atom. The van der Waals surface area contributed by atoms with Crippen LogP contribution in [0.4, 0.5) is 4.39 Å². The molecule has 0 spiro atoms. The number of allylic oxidation sites excluding steroid dienone is 1. The number of aliphatic hydroxyl groups is 1. The van der Waals surface area contributed by atoms with Gasteiger partial charge in [0, 0.05) is 20.7 Å². The van der Waals surface area contributed by atoms with Crippen molar-refractivity contribution in [2.24, 2.45) is 0 Å². The van der Waals surface area contributed by atoms with Gasteiger partial charge in [-0.25, -0.2) is 4.39 Å². The average molecular weight is 379 g/mol. The molecule has 0 amide bonds. The summed E-state index contributed by atoms with van der Waals surface area (Å²) >= 11 is 13.4. The van der Waals surface area contributed by atoms with Crippen molar-refractivity contribution in [2.45, 2.75) is 19.3 Å². The minimum Gasteiger partial charge on any atom is -0.506 e. The highest BCUT2D eigenvalue weighted by Gasteiger charge is 2.22. The minimum atomic E-state index is -0.468. The van der Waals surface area contributed by atoms with Gasteiger partial charge in [0.2, 0.25) is 0 Å². The summed E-state index contributed by atoms with van der Waals surface area (Å²) in [6, 6.07) is 10.3. The Morgan fingerprint density at radius 1 is 1.08 bits per heavy atom. The van der Waals surface area contributed by atoms with Gasteiger partial charge in [0.05, 0.1) is 9.90 Å². The number of fused-ring (bicyclic) bond motifs is 1. The first-order valence-electron chi connectivity index (χ1n) is 7.63. The standard InChI is InChI=1S/C19H13Cl2FOS/c20-12-5-6-13-16(9-12)24-19(18(23)10-2-1-3-10)17(13)11-4-7-14(21)15(22)8-11/h4-9,23H,1-3H2. The van der Waals surface area contributed by atoms with E-state index >= 15 is 0 Å². The molecule has 1 aliphatic rings. The molecule has 1 N–H and O–H groups in total. The number of rotatable bonds is 2. The van der Waals surface area contributed by atoms with E-state index in [9.17, 15) is 9.50 Å².